The molecular weight excluding hydrogens is 252 g/mol. The van der Waals surface area contributed by atoms with Gasteiger partial charge in [0.1, 0.15) is 11.6 Å². The Balaban J connectivity index is 2.04. The number of hydrogen-bond donors (Lipinski definition) is 2. The van der Waals surface area contributed by atoms with Gasteiger partial charge < -0.3 is 20.1 Å². The van der Waals surface area contributed by atoms with E-state index in [4.69, 9.17) is 5.11 Å². The number of esters is 1. The molecule has 1 heterocycles. The third-order valence-electron chi connectivity index (χ3n) is 3.74. The summed E-state index contributed by atoms with van der Waals surface area (Å²) in [4.78, 5) is 36.2. The van der Waals surface area contributed by atoms with Crippen LogP contribution in [0.3, 0.4) is 0 Å². The quantitative estimate of drug-likeness (QED) is 0.721. The first-order valence-electron chi connectivity index (χ1n) is 6.40. The fourth-order valence-electron chi connectivity index (χ4n) is 2.35. The number of urea groups is 1. The minimum atomic E-state index is -1.13. The van der Waals surface area contributed by atoms with Crippen LogP contribution in [-0.2, 0) is 14.3 Å². The summed E-state index contributed by atoms with van der Waals surface area (Å²) >= 11 is 0. The van der Waals surface area contributed by atoms with Crippen molar-refractivity contribution in [3.63, 3.8) is 0 Å². The normalized spacial score (nSPS) is 24.5. The molecule has 1 atom stereocenters. The third kappa shape index (κ3) is 2.64. The predicted molar refractivity (Wildman–Crippen MR) is 64.5 cm³/mol. The third-order valence-corrected chi connectivity index (χ3v) is 3.74. The smallest absolute Gasteiger partial charge is 0.329 e. The number of carbonyl (C=O) groups excluding carboxylic acids is 2. The van der Waals surface area contributed by atoms with Gasteiger partial charge in [0.2, 0.25) is 0 Å². The predicted octanol–water partition coefficient (Wildman–Crippen LogP) is 0.341. The second kappa shape index (κ2) is 5.07. The second-order valence-corrected chi connectivity index (χ2v) is 5.05. The fourth-order valence-corrected chi connectivity index (χ4v) is 2.35. The van der Waals surface area contributed by atoms with Gasteiger partial charge in [0.25, 0.3) is 0 Å². The first kappa shape index (κ1) is 13.6. The Hall–Kier alpha value is -1.79. The number of hydrogen-bond acceptors (Lipinski definition) is 4. The van der Waals surface area contributed by atoms with Gasteiger partial charge in [-0.1, -0.05) is 0 Å². The maximum atomic E-state index is 12.1. The summed E-state index contributed by atoms with van der Waals surface area (Å²) in [5, 5.41) is 11.6. The van der Waals surface area contributed by atoms with Gasteiger partial charge in [-0.05, 0) is 32.1 Å². The standard InChI is InChI=1S/C12H18N2O5/c1-19-9(15)8-4-2-3-7-14(8)11(18)13-12(5-6-12)10(16)17/h8H,2-7H2,1H3,(H,13,18)(H,16,17). The second-order valence-electron chi connectivity index (χ2n) is 5.05. The van der Waals surface area contributed by atoms with E-state index in [0.29, 0.717) is 25.8 Å². The van der Waals surface area contributed by atoms with E-state index in [-0.39, 0.29) is 0 Å². The first-order chi connectivity index (χ1) is 9.00. The molecule has 1 aliphatic carbocycles. The van der Waals surface area contributed by atoms with Crippen LogP contribution in [0.25, 0.3) is 0 Å². The van der Waals surface area contributed by atoms with Crippen LogP contribution in [0, 0.1) is 0 Å². The molecule has 1 unspecified atom stereocenters. The molecule has 7 heteroatoms. The number of methoxy groups -OCH3 is 1. The van der Waals surface area contributed by atoms with E-state index in [1.807, 2.05) is 0 Å². The molecule has 1 saturated carbocycles. The number of nitrogens with zero attached hydrogens (tertiary/aromatic N) is 1. The zero-order valence-electron chi connectivity index (χ0n) is 10.8. The van der Waals surface area contributed by atoms with Crippen LogP contribution in [-0.4, -0.2) is 53.2 Å². The first-order valence-corrected chi connectivity index (χ1v) is 6.40. The number of likely N-dealkylation sites (tertiary alicyclic amines) is 1. The summed E-state index contributed by atoms with van der Waals surface area (Å²) in [5.41, 5.74) is -1.13. The number of rotatable bonds is 3. The van der Waals surface area contributed by atoms with Crippen molar-refractivity contribution in [2.24, 2.45) is 0 Å². The molecule has 0 aromatic rings. The molecule has 0 bridgehead atoms. The van der Waals surface area contributed by atoms with Crippen molar-refractivity contribution in [2.75, 3.05) is 13.7 Å². The molecule has 0 aromatic heterocycles. The van der Waals surface area contributed by atoms with Gasteiger partial charge in [0, 0.05) is 6.54 Å². The SMILES string of the molecule is COC(=O)C1CCCCN1C(=O)NC1(C(=O)O)CC1. The number of aliphatic carboxylic acids is 1. The lowest BCUT2D eigenvalue weighted by atomic mass is 10.0. The number of nitrogens with one attached hydrogen (secondary N) is 1. The summed E-state index contributed by atoms with van der Waals surface area (Å²) in [7, 11) is 1.28. The van der Waals surface area contributed by atoms with E-state index in [2.05, 4.69) is 10.1 Å². The molecule has 2 N–H and O–H groups in total. The Morgan fingerprint density at radius 2 is 2.00 bits per heavy atom. The summed E-state index contributed by atoms with van der Waals surface area (Å²) in [5.74, 6) is -1.47. The van der Waals surface area contributed by atoms with Crippen molar-refractivity contribution >= 4 is 18.0 Å². The lowest BCUT2D eigenvalue weighted by Crippen LogP contribution is -2.56. The average molecular weight is 270 g/mol. The van der Waals surface area contributed by atoms with Gasteiger partial charge in [-0.3, -0.25) is 0 Å². The Morgan fingerprint density at radius 3 is 2.53 bits per heavy atom. The molecule has 0 radical (unpaired) electrons. The Bertz CT molecular complexity index is 405. The zero-order valence-corrected chi connectivity index (χ0v) is 10.8. The molecule has 106 valence electrons. The summed E-state index contributed by atoms with van der Waals surface area (Å²) in [6.45, 7) is 0.446. The van der Waals surface area contributed by atoms with Gasteiger partial charge >= 0.3 is 18.0 Å². The Labute approximate surface area is 110 Å². The molecule has 2 rings (SSSR count). The van der Waals surface area contributed by atoms with Crippen LogP contribution in [0.5, 0.6) is 0 Å². The number of carbonyl (C=O) groups is 3. The van der Waals surface area contributed by atoms with Crippen molar-refractivity contribution in [1.29, 1.82) is 0 Å². The van der Waals surface area contributed by atoms with Gasteiger partial charge in [-0.25, -0.2) is 14.4 Å². The van der Waals surface area contributed by atoms with Gasteiger partial charge in [-0.15, -0.1) is 0 Å². The topological polar surface area (TPSA) is 95.9 Å². The van der Waals surface area contributed by atoms with E-state index in [9.17, 15) is 14.4 Å². The Kier molecular flexibility index (Phi) is 3.64. The largest absolute Gasteiger partial charge is 0.480 e. The molecule has 1 saturated heterocycles. The highest BCUT2D eigenvalue weighted by Crippen LogP contribution is 2.36. The van der Waals surface area contributed by atoms with E-state index in [0.717, 1.165) is 12.8 Å². The molecule has 2 fully saturated rings. The molecule has 2 aliphatic rings. The van der Waals surface area contributed by atoms with Crippen molar-refractivity contribution in [1.82, 2.24) is 10.2 Å². The maximum Gasteiger partial charge on any atom is 0.329 e. The van der Waals surface area contributed by atoms with Crippen molar-refractivity contribution in [3.05, 3.63) is 0 Å². The minimum absolute atomic E-state index is 0.435. The summed E-state index contributed by atoms with van der Waals surface area (Å²) < 4.78 is 4.69. The highest BCUT2D eigenvalue weighted by atomic mass is 16.5. The molecule has 7 nitrogen and oxygen atoms in total. The number of ether oxygens (including phenoxy) is 1. The van der Waals surface area contributed by atoms with Gasteiger partial charge in [0.05, 0.1) is 7.11 Å². The Morgan fingerprint density at radius 1 is 1.32 bits per heavy atom. The zero-order chi connectivity index (χ0) is 14.0. The van der Waals surface area contributed by atoms with E-state index >= 15 is 0 Å². The number of carboxylic acid groups (broad SMARTS) is 1. The number of carboxylic acids is 1. The van der Waals surface area contributed by atoms with Gasteiger partial charge in [0.15, 0.2) is 0 Å². The maximum absolute atomic E-state index is 12.1. The average Bonchev–Trinajstić information content (AvgIpc) is 3.18. The summed E-state index contributed by atoms with van der Waals surface area (Å²) in [6, 6.07) is -1.10. The number of amides is 2. The molecule has 0 spiro atoms. The van der Waals surface area contributed by atoms with E-state index < -0.39 is 29.6 Å². The molecular formula is C12H18N2O5. The monoisotopic (exact) mass is 270 g/mol. The van der Waals surface area contributed by atoms with Gasteiger partial charge in [-0.2, -0.15) is 0 Å². The van der Waals surface area contributed by atoms with Crippen LogP contribution in [0.2, 0.25) is 0 Å². The lowest BCUT2D eigenvalue weighted by Gasteiger charge is -2.34. The summed E-state index contributed by atoms with van der Waals surface area (Å²) in [6.07, 6.45) is 3.09. The van der Waals surface area contributed by atoms with Crippen molar-refractivity contribution in [3.8, 4) is 0 Å². The van der Waals surface area contributed by atoms with Crippen LogP contribution in [0.1, 0.15) is 32.1 Å². The van der Waals surface area contributed by atoms with E-state index in [1.165, 1.54) is 12.0 Å². The van der Waals surface area contributed by atoms with Crippen molar-refractivity contribution in [2.45, 2.75) is 43.7 Å². The number of piperidine rings is 1. The van der Waals surface area contributed by atoms with Crippen LogP contribution >= 0.6 is 0 Å². The van der Waals surface area contributed by atoms with E-state index in [1.54, 1.807) is 0 Å². The fraction of sp³-hybridized carbons (Fsp3) is 0.750. The van der Waals surface area contributed by atoms with Crippen molar-refractivity contribution < 1.29 is 24.2 Å². The minimum Gasteiger partial charge on any atom is -0.480 e. The molecule has 0 aromatic carbocycles. The van der Waals surface area contributed by atoms with Crippen LogP contribution < -0.4 is 5.32 Å². The lowest BCUT2D eigenvalue weighted by molar-refractivity contribution is -0.146. The van der Waals surface area contributed by atoms with Crippen LogP contribution in [0.4, 0.5) is 4.79 Å². The van der Waals surface area contributed by atoms with Crippen LogP contribution in [0.15, 0.2) is 0 Å². The highest BCUT2D eigenvalue weighted by molar-refractivity contribution is 5.90. The molecule has 19 heavy (non-hydrogen) atoms. The molecule has 1 aliphatic heterocycles. The highest BCUT2D eigenvalue weighted by Gasteiger charge is 2.52. The molecule has 2 amide bonds.